The minimum atomic E-state index is -4.66. The number of alkyl halides is 3. The van der Waals surface area contributed by atoms with Crippen molar-refractivity contribution in [3.05, 3.63) is 58.1 Å². The van der Waals surface area contributed by atoms with Gasteiger partial charge in [0.15, 0.2) is 0 Å². The number of nitrogens with one attached hydrogen (secondary N) is 1. The highest BCUT2D eigenvalue weighted by Crippen LogP contribution is 2.45. The van der Waals surface area contributed by atoms with Crippen LogP contribution in [-0.2, 0) is 25.2 Å². The highest BCUT2D eigenvalue weighted by atomic mass is 19.4. The monoisotopic (exact) mass is 411 g/mol. The van der Waals surface area contributed by atoms with Gasteiger partial charge >= 0.3 is 18.3 Å². The Labute approximate surface area is 165 Å². The number of hydrogen-bond acceptors (Lipinski definition) is 6. The summed E-state index contributed by atoms with van der Waals surface area (Å²) >= 11 is 0. The predicted molar refractivity (Wildman–Crippen MR) is 95.3 cm³/mol. The summed E-state index contributed by atoms with van der Waals surface area (Å²) in [5.74, 6) is -2.14. The lowest BCUT2D eigenvalue weighted by Crippen LogP contribution is -2.29. The molecule has 0 spiro atoms. The van der Waals surface area contributed by atoms with E-state index < -0.39 is 29.8 Å². The van der Waals surface area contributed by atoms with Gasteiger partial charge in [-0.2, -0.15) is 13.2 Å². The van der Waals surface area contributed by atoms with Crippen molar-refractivity contribution >= 4 is 12.1 Å². The lowest BCUT2D eigenvalue weighted by Gasteiger charge is -2.29. The van der Waals surface area contributed by atoms with Gasteiger partial charge in [0, 0.05) is 0 Å². The maximum atomic E-state index is 13.6. The van der Waals surface area contributed by atoms with Crippen molar-refractivity contribution in [1.82, 2.24) is 5.32 Å². The molecular formula is C20H20F3NO5. The molecule has 1 aromatic carbocycles. The van der Waals surface area contributed by atoms with Crippen LogP contribution in [0.5, 0.6) is 0 Å². The summed E-state index contributed by atoms with van der Waals surface area (Å²) in [6.07, 6.45) is -4.29. The van der Waals surface area contributed by atoms with Crippen molar-refractivity contribution < 1.29 is 37.0 Å². The van der Waals surface area contributed by atoms with Gasteiger partial charge in [0.1, 0.15) is 12.4 Å². The lowest BCUT2D eigenvalue weighted by atomic mass is 9.83. The molecule has 1 unspecified atom stereocenters. The van der Waals surface area contributed by atoms with Crippen molar-refractivity contribution in [3.63, 3.8) is 0 Å². The number of ether oxygens (including phenoxy) is 3. The average Bonchev–Trinajstić information content (AvgIpc) is 3.02. The quantitative estimate of drug-likeness (QED) is 0.572. The summed E-state index contributed by atoms with van der Waals surface area (Å²) in [4.78, 5) is 24.4. The van der Waals surface area contributed by atoms with E-state index in [-0.39, 0.29) is 30.1 Å². The number of benzene rings is 1. The Morgan fingerprint density at radius 2 is 2.03 bits per heavy atom. The van der Waals surface area contributed by atoms with Gasteiger partial charge in [0.25, 0.3) is 0 Å². The number of carbonyl (C=O) groups excluding carboxylic acids is 2. The average molecular weight is 411 g/mol. The molecule has 2 aliphatic rings. The van der Waals surface area contributed by atoms with Crippen LogP contribution in [0.15, 0.2) is 47.0 Å². The van der Waals surface area contributed by atoms with Gasteiger partial charge in [-0.1, -0.05) is 31.5 Å². The van der Waals surface area contributed by atoms with Crippen LogP contribution in [0.2, 0.25) is 0 Å². The van der Waals surface area contributed by atoms with Crippen molar-refractivity contribution in [2.45, 2.75) is 38.8 Å². The molecule has 1 atom stereocenters. The standard InChI is InChI=1S/C20H20F3NO5/c1-3-4-9-27-19(26)29-17-11(2)24-14-10-28-18(25)16(14)15(17)12-7-5-6-8-13(12)20(21,22)23/h5-8,15,24H,3-4,9-10H2,1-2H3. The summed E-state index contributed by atoms with van der Waals surface area (Å²) in [7, 11) is 0. The van der Waals surface area contributed by atoms with Crippen LogP contribution in [0, 0.1) is 0 Å². The molecule has 3 rings (SSSR count). The van der Waals surface area contributed by atoms with E-state index in [4.69, 9.17) is 14.2 Å². The minimum absolute atomic E-state index is 0.0105. The molecule has 0 bridgehead atoms. The summed E-state index contributed by atoms with van der Waals surface area (Å²) in [5, 5.41) is 2.89. The van der Waals surface area contributed by atoms with Crippen LogP contribution in [0.3, 0.4) is 0 Å². The third-order valence-corrected chi connectivity index (χ3v) is 4.64. The molecular weight excluding hydrogens is 391 g/mol. The molecule has 0 radical (unpaired) electrons. The molecule has 0 aromatic heterocycles. The number of halogens is 3. The lowest BCUT2D eigenvalue weighted by molar-refractivity contribution is -0.139. The van der Waals surface area contributed by atoms with Crippen molar-refractivity contribution in [2.24, 2.45) is 0 Å². The molecule has 1 N–H and O–H groups in total. The first-order chi connectivity index (χ1) is 13.7. The van der Waals surface area contributed by atoms with Crippen molar-refractivity contribution in [2.75, 3.05) is 13.2 Å². The number of unbranched alkanes of at least 4 members (excludes halogenated alkanes) is 1. The van der Waals surface area contributed by atoms with Crippen LogP contribution in [-0.4, -0.2) is 25.3 Å². The topological polar surface area (TPSA) is 73.9 Å². The van der Waals surface area contributed by atoms with Gasteiger partial charge in [-0.15, -0.1) is 0 Å². The minimum Gasteiger partial charge on any atom is -0.456 e. The molecule has 2 heterocycles. The van der Waals surface area contributed by atoms with E-state index in [9.17, 15) is 22.8 Å². The Bertz CT molecular complexity index is 888. The van der Waals surface area contributed by atoms with Gasteiger partial charge in [0.2, 0.25) is 0 Å². The van der Waals surface area contributed by atoms with Gasteiger partial charge in [-0.3, -0.25) is 0 Å². The van der Waals surface area contributed by atoms with Crippen LogP contribution in [0.25, 0.3) is 0 Å². The van der Waals surface area contributed by atoms with Crippen molar-refractivity contribution in [1.29, 1.82) is 0 Å². The number of carbonyl (C=O) groups is 2. The molecule has 1 aromatic rings. The Hall–Kier alpha value is -2.97. The van der Waals surface area contributed by atoms with E-state index in [1.54, 1.807) is 6.92 Å². The Morgan fingerprint density at radius 1 is 1.31 bits per heavy atom. The highest BCUT2D eigenvalue weighted by Gasteiger charge is 2.45. The van der Waals surface area contributed by atoms with Crippen LogP contribution in [0.4, 0.5) is 18.0 Å². The molecule has 9 heteroatoms. The van der Waals surface area contributed by atoms with Gasteiger partial charge in [0.05, 0.1) is 35.1 Å². The first kappa shape index (κ1) is 20.8. The van der Waals surface area contributed by atoms with E-state index in [1.807, 2.05) is 6.92 Å². The number of allylic oxidation sites excluding steroid dienone is 2. The van der Waals surface area contributed by atoms with E-state index in [0.717, 1.165) is 12.5 Å². The second-order valence-corrected chi connectivity index (χ2v) is 6.65. The van der Waals surface area contributed by atoms with Gasteiger partial charge in [-0.25, -0.2) is 9.59 Å². The SMILES string of the molecule is CCCCOC(=O)OC1=C(C)NC2=C(C(=O)OC2)C1c1ccccc1C(F)(F)F. The van der Waals surface area contributed by atoms with E-state index >= 15 is 0 Å². The van der Waals surface area contributed by atoms with Gasteiger partial charge in [-0.05, 0) is 25.0 Å². The highest BCUT2D eigenvalue weighted by molar-refractivity contribution is 5.95. The Kier molecular flexibility index (Phi) is 5.86. The zero-order valence-electron chi connectivity index (χ0n) is 15.9. The molecule has 0 saturated carbocycles. The second kappa shape index (κ2) is 8.18. The third kappa shape index (κ3) is 4.23. The van der Waals surface area contributed by atoms with Gasteiger partial charge < -0.3 is 19.5 Å². The number of rotatable bonds is 5. The Balaban J connectivity index is 2.05. The molecule has 29 heavy (non-hydrogen) atoms. The normalized spacial score (nSPS) is 18.9. The maximum Gasteiger partial charge on any atom is 0.513 e. The molecule has 0 saturated heterocycles. The van der Waals surface area contributed by atoms with Crippen LogP contribution < -0.4 is 5.32 Å². The summed E-state index contributed by atoms with van der Waals surface area (Å²) in [6, 6.07) is 4.86. The van der Waals surface area contributed by atoms with Crippen LogP contribution in [0.1, 0.15) is 43.7 Å². The molecule has 2 aliphatic heterocycles. The van der Waals surface area contributed by atoms with Crippen molar-refractivity contribution in [3.8, 4) is 0 Å². The molecule has 0 aliphatic carbocycles. The first-order valence-corrected chi connectivity index (χ1v) is 9.12. The number of hydrogen-bond donors (Lipinski definition) is 1. The second-order valence-electron chi connectivity index (χ2n) is 6.65. The largest absolute Gasteiger partial charge is 0.513 e. The zero-order chi connectivity index (χ0) is 21.2. The summed E-state index contributed by atoms with van der Waals surface area (Å²) in [6.45, 7) is 3.49. The molecule has 156 valence electrons. The first-order valence-electron chi connectivity index (χ1n) is 9.12. The summed E-state index contributed by atoms with van der Waals surface area (Å²) < 4.78 is 56.2. The molecule has 0 amide bonds. The predicted octanol–water partition coefficient (Wildman–Crippen LogP) is 4.39. The Morgan fingerprint density at radius 3 is 2.72 bits per heavy atom. The van der Waals surface area contributed by atoms with Crippen LogP contribution >= 0.6 is 0 Å². The maximum absolute atomic E-state index is 13.6. The van der Waals surface area contributed by atoms with E-state index in [1.165, 1.54) is 18.2 Å². The number of esters is 1. The fraction of sp³-hybridized carbons (Fsp3) is 0.400. The third-order valence-electron chi connectivity index (χ3n) is 4.64. The molecule has 6 nitrogen and oxygen atoms in total. The molecule has 0 fully saturated rings. The zero-order valence-corrected chi connectivity index (χ0v) is 15.9. The van der Waals surface area contributed by atoms with E-state index in [2.05, 4.69) is 5.32 Å². The fourth-order valence-corrected chi connectivity index (χ4v) is 3.31. The fourth-order valence-electron chi connectivity index (χ4n) is 3.31. The smallest absolute Gasteiger partial charge is 0.456 e. The number of dihydropyridines is 1. The number of cyclic esters (lactones) is 1. The summed E-state index contributed by atoms with van der Waals surface area (Å²) in [5.41, 5.74) is -0.489. The van der Waals surface area contributed by atoms with E-state index in [0.29, 0.717) is 17.8 Å².